The van der Waals surface area contributed by atoms with Gasteiger partial charge in [-0.05, 0) is 66.2 Å². The van der Waals surface area contributed by atoms with Crippen LogP contribution in [0.5, 0.6) is 17.2 Å². The molecule has 0 saturated heterocycles. The van der Waals surface area contributed by atoms with E-state index in [1.807, 2.05) is 24.3 Å². The zero-order valence-electron chi connectivity index (χ0n) is 17.5. The summed E-state index contributed by atoms with van der Waals surface area (Å²) in [6.45, 7) is 0.213. The molecule has 0 fully saturated rings. The SMILES string of the molecule is COc1ccc(CNC(=O)CNC(=O)c2ccc(Oc3ccc(C(N)=O)cc3)cc2)cc1. The Bertz CT molecular complexity index is 1080. The van der Waals surface area contributed by atoms with Gasteiger partial charge in [-0.1, -0.05) is 12.1 Å². The zero-order chi connectivity index (χ0) is 22.9. The molecule has 3 rings (SSSR count). The molecular formula is C24H23N3O5. The monoisotopic (exact) mass is 433 g/mol. The Morgan fingerprint density at radius 3 is 1.81 bits per heavy atom. The maximum atomic E-state index is 12.3. The summed E-state index contributed by atoms with van der Waals surface area (Å²) >= 11 is 0. The minimum Gasteiger partial charge on any atom is -0.497 e. The predicted octanol–water partition coefficient (Wildman–Crippen LogP) is 2.63. The molecule has 0 heterocycles. The van der Waals surface area contributed by atoms with Crippen molar-refractivity contribution >= 4 is 17.7 Å². The summed E-state index contributed by atoms with van der Waals surface area (Å²) in [6.07, 6.45) is 0. The third-order valence-corrected chi connectivity index (χ3v) is 4.55. The van der Waals surface area contributed by atoms with Gasteiger partial charge in [0.25, 0.3) is 5.91 Å². The van der Waals surface area contributed by atoms with E-state index in [0.717, 1.165) is 11.3 Å². The Morgan fingerprint density at radius 1 is 0.750 bits per heavy atom. The first-order valence-electron chi connectivity index (χ1n) is 9.80. The van der Waals surface area contributed by atoms with Crippen LogP contribution in [0.2, 0.25) is 0 Å². The van der Waals surface area contributed by atoms with Gasteiger partial charge in [0.05, 0.1) is 13.7 Å². The molecule has 0 aliphatic heterocycles. The van der Waals surface area contributed by atoms with Crippen LogP contribution in [0.15, 0.2) is 72.8 Å². The number of methoxy groups -OCH3 is 1. The van der Waals surface area contributed by atoms with Gasteiger partial charge in [0.15, 0.2) is 0 Å². The Labute approximate surface area is 185 Å². The molecule has 4 N–H and O–H groups in total. The summed E-state index contributed by atoms with van der Waals surface area (Å²) in [5.74, 6) is 0.605. The van der Waals surface area contributed by atoms with Crippen molar-refractivity contribution in [2.75, 3.05) is 13.7 Å². The van der Waals surface area contributed by atoms with E-state index in [-0.39, 0.29) is 18.4 Å². The molecule has 3 amide bonds. The van der Waals surface area contributed by atoms with Crippen molar-refractivity contribution in [3.8, 4) is 17.2 Å². The number of benzene rings is 3. The van der Waals surface area contributed by atoms with Crippen molar-refractivity contribution < 1.29 is 23.9 Å². The normalized spacial score (nSPS) is 10.2. The minimum absolute atomic E-state index is 0.139. The lowest BCUT2D eigenvalue weighted by Gasteiger charge is -2.09. The van der Waals surface area contributed by atoms with Gasteiger partial charge in [-0.3, -0.25) is 14.4 Å². The molecule has 164 valence electrons. The molecule has 0 unspecified atom stereocenters. The number of nitrogens with one attached hydrogen (secondary N) is 2. The van der Waals surface area contributed by atoms with Crippen LogP contribution in [0.25, 0.3) is 0 Å². The smallest absolute Gasteiger partial charge is 0.251 e. The number of hydrogen-bond donors (Lipinski definition) is 3. The molecule has 32 heavy (non-hydrogen) atoms. The maximum Gasteiger partial charge on any atom is 0.251 e. The molecule has 8 heteroatoms. The number of rotatable bonds is 9. The van der Waals surface area contributed by atoms with E-state index in [4.69, 9.17) is 15.2 Å². The van der Waals surface area contributed by atoms with Crippen molar-refractivity contribution in [1.82, 2.24) is 10.6 Å². The van der Waals surface area contributed by atoms with Gasteiger partial charge in [0.2, 0.25) is 11.8 Å². The molecule has 3 aromatic rings. The van der Waals surface area contributed by atoms with Crippen LogP contribution < -0.4 is 25.8 Å². The highest BCUT2D eigenvalue weighted by molar-refractivity contribution is 5.96. The summed E-state index contributed by atoms with van der Waals surface area (Å²) in [5, 5.41) is 5.33. The number of nitrogens with two attached hydrogens (primary N) is 1. The summed E-state index contributed by atoms with van der Waals surface area (Å²) < 4.78 is 10.8. The van der Waals surface area contributed by atoms with E-state index < -0.39 is 5.91 Å². The fraction of sp³-hybridized carbons (Fsp3) is 0.125. The molecule has 0 atom stereocenters. The fourth-order valence-electron chi connectivity index (χ4n) is 2.77. The van der Waals surface area contributed by atoms with Gasteiger partial charge in [-0.2, -0.15) is 0 Å². The fourth-order valence-corrected chi connectivity index (χ4v) is 2.77. The number of carbonyl (C=O) groups excluding carboxylic acids is 3. The molecular weight excluding hydrogens is 410 g/mol. The standard InChI is InChI=1S/C24H23N3O5/c1-31-19-8-2-16(3-9-19)14-26-22(28)15-27-24(30)18-6-12-21(13-7-18)32-20-10-4-17(5-11-20)23(25)29/h2-13H,14-15H2,1H3,(H2,25,29)(H,26,28)(H,27,30). The van der Waals surface area contributed by atoms with Crippen LogP contribution in [0.4, 0.5) is 0 Å². The molecule has 0 aliphatic carbocycles. The van der Waals surface area contributed by atoms with Gasteiger partial charge >= 0.3 is 0 Å². The van der Waals surface area contributed by atoms with E-state index in [2.05, 4.69) is 10.6 Å². The second kappa shape index (κ2) is 10.6. The van der Waals surface area contributed by atoms with E-state index >= 15 is 0 Å². The van der Waals surface area contributed by atoms with Gasteiger partial charge < -0.3 is 25.8 Å². The number of ether oxygens (including phenoxy) is 2. The predicted molar refractivity (Wildman–Crippen MR) is 119 cm³/mol. The first-order chi connectivity index (χ1) is 15.4. The lowest BCUT2D eigenvalue weighted by Crippen LogP contribution is -2.36. The average molecular weight is 433 g/mol. The minimum atomic E-state index is -0.513. The second-order valence-electron chi connectivity index (χ2n) is 6.82. The first-order valence-corrected chi connectivity index (χ1v) is 9.80. The Hall–Kier alpha value is -4.33. The van der Waals surface area contributed by atoms with Crippen molar-refractivity contribution in [2.45, 2.75) is 6.54 Å². The van der Waals surface area contributed by atoms with Crippen LogP contribution in [0, 0.1) is 0 Å². The van der Waals surface area contributed by atoms with E-state index in [9.17, 15) is 14.4 Å². The lowest BCUT2D eigenvalue weighted by atomic mass is 10.2. The van der Waals surface area contributed by atoms with Crippen LogP contribution in [0.3, 0.4) is 0 Å². The summed E-state index contributed by atoms with van der Waals surface area (Å²) in [5.41, 5.74) is 6.91. The van der Waals surface area contributed by atoms with E-state index in [1.165, 1.54) is 0 Å². The number of primary amides is 1. The zero-order valence-corrected chi connectivity index (χ0v) is 17.5. The molecule has 0 spiro atoms. The quantitative estimate of drug-likeness (QED) is 0.479. The highest BCUT2D eigenvalue weighted by Crippen LogP contribution is 2.22. The molecule has 3 aromatic carbocycles. The highest BCUT2D eigenvalue weighted by atomic mass is 16.5. The largest absolute Gasteiger partial charge is 0.497 e. The third kappa shape index (κ3) is 6.33. The highest BCUT2D eigenvalue weighted by Gasteiger charge is 2.09. The van der Waals surface area contributed by atoms with Crippen molar-refractivity contribution in [3.63, 3.8) is 0 Å². The second-order valence-corrected chi connectivity index (χ2v) is 6.82. The van der Waals surface area contributed by atoms with Gasteiger partial charge in [-0.25, -0.2) is 0 Å². The van der Waals surface area contributed by atoms with Crippen molar-refractivity contribution in [2.24, 2.45) is 5.73 Å². The van der Waals surface area contributed by atoms with Crippen LogP contribution in [-0.4, -0.2) is 31.4 Å². The third-order valence-electron chi connectivity index (χ3n) is 4.55. The van der Waals surface area contributed by atoms with E-state index in [0.29, 0.717) is 29.2 Å². The first kappa shape index (κ1) is 22.4. The number of hydrogen-bond acceptors (Lipinski definition) is 5. The van der Waals surface area contributed by atoms with Gasteiger partial charge in [0.1, 0.15) is 17.2 Å². The average Bonchev–Trinajstić information content (AvgIpc) is 2.82. The molecule has 8 nitrogen and oxygen atoms in total. The van der Waals surface area contributed by atoms with Crippen molar-refractivity contribution in [3.05, 3.63) is 89.5 Å². The number of carbonyl (C=O) groups is 3. The maximum absolute atomic E-state index is 12.3. The Balaban J connectivity index is 1.45. The molecule has 0 aliphatic rings. The molecule has 0 radical (unpaired) electrons. The van der Waals surface area contributed by atoms with Crippen molar-refractivity contribution in [1.29, 1.82) is 0 Å². The molecule has 0 aromatic heterocycles. The Morgan fingerprint density at radius 2 is 1.28 bits per heavy atom. The summed E-state index contributed by atoms with van der Waals surface area (Å²) in [7, 11) is 1.59. The summed E-state index contributed by atoms with van der Waals surface area (Å²) in [4.78, 5) is 35.4. The van der Waals surface area contributed by atoms with Crippen LogP contribution in [-0.2, 0) is 11.3 Å². The Kier molecular flexibility index (Phi) is 7.42. The summed E-state index contributed by atoms with van der Waals surface area (Å²) in [6, 6.07) is 20.2. The van der Waals surface area contributed by atoms with E-state index in [1.54, 1.807) is 55.6 Å². The molecule has 0 bridgehead atoms. The number of amides is 3. The van der Waals surface area contributed by atoms with Crippen LogP contribution in [0.1, 0.15) is 26.3 Å². The topological polar surface area (TPSA) is 120 Å². The lowest BCUT2D eigenvalue weighted by molar-refractivity contribution is -0.120. The van der Waals surface area contributed by atoms with Gasteiger partial charge in [0, 0.05) is 17.7 Å². The van der Waals surface area contributed by atoms with Crippen LogP contribution >= 0.6 is 0 Å². The molecule has 0 saturated carbocycles. The van der Waals surface area contributed by atoms with Gasteiger partial charge in [-0.15, -0.1) is 0 Å².